The second-order valence-electron chi connectivity index (χ2n) is 6.53. The Morgan fingerprint density at radius 3 is 2.64 bits per heavy atom. The Morgan fingerprint density at radius 2 is 2.00 bits per heavy atom. The third-order valence-corrected chi connectivity index (χ3v) is 3.58. The molecule has 0 aromatic heterocycles. The number of ether oxygens (including phenoxy) is 1. The lowest BCUT2D eigenvalue weighted by Gasteiger charge is -2.43. The van der Waals surface area contributed by atoms with Crippen molar-refractivity contribution in [3.05, 3.63) is 35.4 Å². The Kier molecular flexibility index (Phi) is 4.42. The minimum absolute atomic E-state index is 0.132. The maximum atomic E-state index is 14.1. The summed E-state index contributed by atoms with van der Waals surface area (Å²) in [7, 11) is 0. The summed E-state index contributed by atoms with van der Waals surface area (Å²) in [6, 6.07) is 2.85. The molecule has 6 heteroatoms. The van der Waals surface area contributed by atoms with Crippen molar-refractivity contribution in [1.29, 1.82) is 0 Å². The maximum Gasteiger partial charge on any atom is 0.412 e. The fourth-order valence-electron chi connectivity index (χ4n) is 2.61. The topological polar surface area (TPSA) is 49.8 Å². The molecule has 1 N–H and O–H groups in total. The second kappa shape index (κ2) is 5.83. The van der Waals surface area contributed by atoms with E-state index in [9.17, 15) is 18.7 Å². The lowest BCUT2D eigenvalue weighted by atomic mass is 9.91. The minimum Gasteiger partial charge on any atom is -0.444 e. The van der Waals surface area contributed by atoms with Crippen molar-refractivity contribution < 1.29 is 23.4 Å². The van der Waals surface area contributed by atoms with Gasteiger partial charge in [-0.2, -0.15) is 0 Å². The van der Waals surface area contributed by atoms with Crippen molar-refractivity contribution in [3.63, 3.8) is 0 Å². The third kappa shape index (κ3) is 3.38. The zero-order valence-electron chi connectivity index (χ0n) is 13.0. The summed E-state index contributed by atoms with van der Waals surface area (Å²) >= 11 is 0. The summed E-state index contributed by atoms with van der Waals surface area (Å²) in [5.41, 5.74) is -2.87. The number of halogens is 2. The van der Waals surface area contributed by atoms with Crippen molar-refractivity contribution in [2.75, 3.05) is 6.54 Å². The standard InChI is InChI=1S/C16H21F2NO3/c1-15(2,3)22-14(20)19-9-5-4-8-16(19,21)12-10-11(17)6-7-13(12)18/h6-7,10,21H,4-5,8-9H2,1-3H3. The largest absolute Gasteiger partial charge is 0.444 e. The van der Waals surface area contributed by atoms with Crippen LogP contribution in [0, 0.1) is 11.6 Å². The molecule has 4 nitrogen and oxygen atoms in total. The Morgan fingerprint density at radius 1 is 1.32 bits per heavy atom. The Hall–Kier alpha value is -1.69. The van der Waals surface area contributed by atoms with Crippen LogP contribution in [0.1, 0.15) is 45.6 Å². The highest BCUT2D eigenvalue weighted by Gasteiger charge is 2.44. The molecule has 1 aromatic rings. The van der Waals surface area contributed by atoms with Gasteiger partial charge in [-0.1, -0.05) is 0 Å². The number of hydrogen-bond donors (Lipinski definition) is 1. The van der Waals surface area contributed by atoms with E-state index in [1.165, 1.54) is 0 Å². The van der Waals surface area contributed by atoms with E-state index in [4.69, 9.17) is 4.74 Å². The molecule has 1 heterocycles. The molecule has 1 aliphatic rings. The number of amides is 1. The minimum atomic E-state index is -1.90. The predicted molar refractivity (Wildman–Crippen MR) is 77.0 cm³/mol. The zero-order chi connectivity index (χ0) is 16.5. The molecule has 122 valence electrons. The number of likely N-dealkylation sites (tertiary alicyclic amines) is 1. The Labute approximate surface area is 128 Å². The van der Waals surface area contributed by atoms with Gasteiger partial charge in [-0.15, -0.1) is 0 Å². The first-order chi connectivity index (χ1) is 10.1. The van der Waals surface area contributed by atoms with Crippen LogP contribution in [-0.2, 0) is 10.5 Å². The van der Waals surface area contributed by atoms with Gasteiger partial charge in [0.15, 0.2) is 5.72 Å². The summed E-state index contributed by atoms with van der Waals surface area (Å²) in [6.45, 7) is 5.34. The first kappa shape index (κ1) is 16.7. The number of hydrogen-bond acceptors (Lipinski definition) is 3. The highest BCUT2D eigenvalue weighted by Crippen LogP contribution is 2.37. The number of benzene rings is 1. The molecule has 0 saturated carbocycles. The van der Waals surface area contributed by atoms with Crippen molar-refractivity contribution in [3.8, 4) is 0 Å². The summed E-state index contributed by atoms with van der Waals surface area (Å²) in [6.07, 6.45) is 0.662. The molecule has 1 saturated heterocycles. The van der Waals surface area contributed by atoms with E-state index in [0.717, 1.165) is 23.1 Å². The zero-order valence-corrected chi connectivity index (χ0v) is 13.0. The van der Waals surface area contributed by atoms with Crippen LogP contribution in [0.25, 0.3) is 0 Å². The molecule has 1 unspecified atom stereocenters. The number of nitrogens with zero attached hydrogens (tertiary/aromatic N) is 1. The fourth-order valence-corrected chi connectivity index (χ4v) is 2.61. The average Bonchev–Trinajstić information content (AvgIpc) is 2.40. The van der Waals surface area contributed by atoms with E-state index >= 15 is 0 Å². The number of rotatable bonds is 1. The molecule has 0 spiro atoms. The van der Waals surface area contributed by atoms with Gasteiger partial charge in [-0.3, -0.25) is 4.90 Å². The van der Waals surface area contributed by atoms with E-state index in [2.05, 4.69) is 0 Å². The van der Waals surface area contributed by atoms with Crippen LogP contribution in [0.3, 0.4) is 0 Å². The van der Waals surface area contributed by atoms with Gasteiger partial charge in [0.2, 0.25) is 0 Å². The van der Waals surface area contributed by atoms with Crippen molar-refractivity contribution >= 4 is 6.09 Å². The van der Waals surface area contributed by atoms with Gasteiger partial charge in [-0.05, 0) is 58.2 Å². The van der Waals surface area contributed by atoms with Crippen LogP contribution in [0.5, 0.6) is 0 Å². The molecule has 1 aliphatic heterocycles. The van der Waals surface area contributed by atoms with Gasteiger partial charge in [0.1, 0.15) is 17.2 Å². The average molecular weight is 313 g/mol. The lowest BCUT2D eigenvalue weighted by Crippen LogP contribution is -2.54. The van der Waals surface area contributed by atoms with E-state index in [-0.39, 0.29) is 18.5 Å². The number of aliphatic hydroxyl groups is 1. The summed E-state index contributed by atoms with van der Waals surface area (Å²) < 4.78 is 32.8. The van der Waals surface area contributed by atoms with Crippen molar-refractivity contribution in [2.24, 2.45) is 0 Å². The van der Waals surface area contributed by atoms with Crippen LogP contribution in [0.4, 0.5) is 13.6 Å². The van der Waals surface area contributed by atoms with Crippen LogP contribution in [0.15, 0.2) is 18.2 Å². The van der Waals surface area contributed by atoms with E-state index in [0.29, 0.717) is 12.8 Å². The Bertz CT molecular complexity index is 571. The van der Waals surface area contributed by atoms with Crippen LogP contribution in [0.2, 0.25) is 0 Å². The smallest absolute Gasteiger partial charge is 0.412 e. The van der Waals surface area contributed by atoms with Crippen LogP contribution in [-0.4, -0.2) is 28.2 Å². The van der Waals surface area contributed by atoms with Gasteiger partial charge in [-0.25, -0.2) is 13.6 Å². The van der Waals surface area contributed by atoms with Crippen molar-refractivity contribution in [2.45, 2.75) is 51.4 Å². The second-order valence-corrected chi connectivity index (χ2v) is 6.53. The highest BCUT2D eigenvalue weighted by atomic mass is 19.1. The predicted octanol–water partition coefficient (Wildman–Crippen LogP) is 3.53. The third-order valence-electron chi connectivity index (χ3n) is 3.58. The molecule has 0 bridgehead atoms. The molecule has 22 heavy (non-hydrogen) atoms. The number of carbonyl (C=O) groups is 1. The maximum absolute atomic E-state index is 14.1. The molecular weight excluding hydrogens is 292 g/mol. The van der Waals surface area contributed by atoms with Gasteiger partial charge in [0.05, 0.1) is 0 Å². The number of piperidine rings is 1. The van der Waals surface area contributed by atoms with Crippen LogP contribution < -0.4 is 0 Å². The summed E-state index contributed by atoms with van der Waals surface area (Å²) in [5.74, 6) is -1.42. The van der Waals surface area contributed by atoms with E-state index in [1.54, 1.807) is 20.8 Å². The molecular formula is C16H21F2NO3. The first-order valence-corrected chi connectivity index (χ1v) is 7.32. The fraction of sp³-hybridized carbons (Fsp3) is 0.562. The molecule has 0 aliphatic carbocycles. The highest BCUT2D eigenvalue weighted by molar-refractivity contribution is 5.69. The monoisotopic (exact) mass is 313 g/mol. The molecule has 2 rings (SSSR count). The Balaban J connectivity index is 2.39. The molecule has 1 amide bonds. The molecule has 0 radical (unpaired) electrons. The molecule has 1 fully saturated rings. The van der Waals surface area contributed by atoms with Gasteiger partial charge >= 0.3 is 6.09 Å². The number of carbonyl (C=O) groups excluding carboxylic acids is 1. The van der Waals surface area contributed by atoms with Crippen molar-refractivity contribution in [1.82, 2.24) is 4.90 Å². The van der Waals surface area contributed by atoms with Gasteiger partial charge in [0.25, 0.3) is 0 Å². The molecule has 1 atom stereocenters. The first-order valence-electron chi connectivity index (χ1n) is 7.32. The van der Waals surface area contributed by atoms with E-state index in [1.807, 2.05) is 0 Å². The van der Waals surface area contributed by atoms with E-state index < -0.39 is 29.1 Å². The summed E-state index contributed by atoms with van der Waals surface area (Å²) in [4.78, 5) is 13.4. The van der Waals surface area contributed by atoms with Gasteiger partial charge in [0, 0.05) is 12.1 Å². The van der Waals surface area contributed by atoms with Gasteiger partial charge < -0.3 is 9.84 Å². The quantitative estimate of drug-likeness (QED) is 0.863. The van der Waals surface area contributed by atoms with Crippen LogP contribution >= 0.6 is 0 Å². The molecule has 1 aromatic carbocycles. The normalized spacial score (nSPS) is 22.5. The SMILES string of the molecule is CC(C)(C)OC(=O)N1CCCCC1(O)c1cc(F)ccc1F. The lowest BCUT2D eigenvalue weighted by molar-refractivity contribution is -0.135. The summed E-state index contributed by atoms with van der Waals surface area (Å²) in [5, 5.41) is 10.9.